The Morgan fingerprint density at radius 3 is 2.50 bits per heavy atom. The van der Waals surface area contributed by atoms with Gasteiger partial charge in [0.1, 0.15) is 11.4 Å². The van der Waals surface area contributed by atoms with E-state index in [4.69, 9.17) is 9.72 Å². The molecule has 0 unspecified atom stereocenters. The van der Waals surface area contributed by atoms with Gasteiger partial charge < -0.3 is 4.74 Å². The van der Waals surface area contributed by atoms with Crippen LogP contribution in [0.1, 0.15) is 20.8 Å². The standard InChI is InChI=1S/C20H19N3O/c1-20(2,3)24-17-11-7-6-10-16(17)18-21-19-15-9-5-4-8-14(15)12-13-23(19)22-18/h4-13H,1-3H3. The molecule has 24 heavy (non-hydrogen) atoms. The van der Waals surface area contributed by atoms with Gasteiger partial charge in [-0.2, -0.15) is 0 Å². The van der Waals surface area contributed by atoms with E-state index in [2.05, 4.69) is 23.3 Å². The van der Waals surface area contributed by atoms with Gasteiger partial charge in [0.15, 0.2) is 11.5 Å². The van der Waals surface area contributed by atoms with Crippen LogP contribution in [0.3, 0.4) is 0 Å². The van der Waals surface area contributed by atoms with Crippen molar-refractivity contribution < 1.29 is 4.74 Å². The maximum atomic E-state index is 6.08. The number of hydrogen-bond acceptors (Lipinski definition) is 3. The molecule has 0 aliphatic carbocycles. The third-order valence-electron chi connectivity index (χ3n) is 3.77. The van der Waals surface area contributed by atoms with Crippen molar-refractivity contribution in [2.24, 2.45) is 0 Å². The average Bonchev–Trinajstić information content (AvgIpc) is 2.98. The second-order valence-electron chi connectivity index (χ2n) is 6.82. The highest BCUT2D eigenvalue weighted by molar-refractivity contribution is 5.94. The van der Waals surface area contributed by atoms with Gasteiger partial charge in [-0.25, -0.2) is 9.50 Å². The molecule has 2 aromatic carbocycles. The second kappa shape index (κ2) is 5.34. The third-order valence-corrected chi connectivity index (χ3v) is 3.77. The number of fused-ring (bicyclic) bond motifs is 3. The Morgan fingerprint density at radius 2 is 1.67 bits per heavy atom. The van der Waals surface area contributed by atoms with Gasteiger partial charge in [0.25, 0.3) is 0 Å². The average molecular weight is 317 g/mol. The zero-order valence-corrected chi connectivity index (χ0v) is 14.0. The molecular weight excluding hydrogens is 298 g/mol. The number of aromatic nitrogens is 3. The molecule has 0 aliphatic heterocycles. The maximum Gasteiger partial charge on any atom is 0.185 e. The minimum absolute atomic E-state index is 0.276. The number of ether oxygens (including phenoxy) is 1. The summed E-state index contributed by atoms with van der Waals surface area (Å²) in [5.74, 6) is 1.47. The van der Waals surface area contributed by atoms with Crippen molar-refractivity contribution in [1.29, 1.82) is 0 Å². The molecular formula is C20H19N3O. The van der Waals surface area contributed by atoms with E-state index < -0.39 is 0 Å². The van der Waals surface area contributed by atoms with Gasteiger partial charge in [-0.05, 0) is 44.4 Å². The van der Waals surface area contributed by atoms with Crippen LogP contribution in [0.5, 0.6) is 5.75 Å². The summed E-state index contributed by atoms with van der Waals surface area (Å²) in [5, 5.41) is 6.90. The lowest BCUT2D eigenvalue weighted by atomic mass is 10.1. The van der Waals surface area contributed by atoms with Crippen LogP contribution >= 0.6 is 0 Å². The molecule has 4 nitrogen and oxygen atoms in total. The number of para-hydroxylation sites is 1. The summed E-state index contributed by atoms with van der Waals surface area (Å²) in [6, 6.07) is 18.2. The SMILES string of the molecule is CC(C)(C)Oc1ccccc1-c1nc2c3ccccc3ccn2n1. The monoisotopic (exact) mass is 317 g/mol. The zero-order chi connectivity index (χ0) is 16.7. The number of nitrogens with zero attached hydrogens (tertiary/aromatic N) is 3. The van der Waals surface area contributed by atoms with E-state index in [0.29, 0.717) is 5.82 Å². The molecule has 120 valence electrons. The van der Waals surface area contributed by atoms with E-state index in [1.54, 1.807) is 0 Å². The number of benzene rings is 2. The van der Waals surface area contributed by atoms with Crippen molar-refractivity contribution in [3.8, 4) is 17.1 Å². The Labute approximate surface area is 140 Å². The molecule has 0 saturated heterocycles. The van der Waals surface area contributed by atoms with Crippen LogP contribution in [0.15, 0.2) is 60.8 Å². The van der Waals surface area contributed by atoms with E-state index in [1.165, 1.54) is 0 Å². The molecule has 4 heteroatoms. The summed E-state index contributed by atoms with van der Waals surface area (Å²) in [6.45, 7) is 6.11. The van der Waals surface area contributed by atoms with Gasteiger partial charge in [0.05, 0.1) is 5.56 Å². The third kappa shape index (κ3) is 2.60. The summed E-state index contributed by atoms with van der Waals surface area (Å²) in [7, 11) is 0. The van der Waals surface area contributed by atoms with Crippen LogP contribution in [-0.4, -0.2) is 20.2 Å². The van der Waals surface area contributed by atoms with E-state index in [1.807, 2.05) is 67.9 Å². The lowest BCUT2D eigenvalue weighted by molar-refractivity contribution is 0.131. The number of pyridine rings is 1. The Hall–Kier alpha value is -2.88. The molecule has 0 saturated carbocycles. The van der Waals surface area contributed by atoms with Crippen molar-refractivity contribution in [2.45, 2.75) is 26.4 Å². The first-order chi connectivity index (χ1) is 11.5. The van der Waals surface area contributed by atoms with Crippen molar-refractivity contribution in [1.82, 2.24) is 14.6 Å². The second-order valence-corrected chi connectivity index (χ2v) is 6.82. The minimum Gasteiger partial charge on any atom is -0.487 e. The summed E-state index contributed by atoms with van der Waals surface area (Å²) in [4.78, 5) is 4.77. The van der Waals surface area contributed by atoms with E-state index in [9.17, 15) is 0 Å². The Kier molecular flexibility index (Phi) is 3.27. The molecule has 0 amide bonds. The van der Waals surface area contributed by atoms with Crippen LogP contribution in [0, 0.1) is 0 Å². The van der Waals surface area contributed by atoms with Gasteiger partial charge in [-0.1, -0.05) is 36.4 Å². The molecule has 4 rings (SSSR count). The predicted molar refractivity (Wildman–Crippen MR) is 96.3 cm³/mol. The quantitative estimate of drug-likeness (QED) is 0.536. The van der Waals surface area contributed by atoms with Crippen molar-refractivity contribution in [3.05, 3.63) is 60.8 Å². The summed E-state index contributed by atoms with van der Waals surface area (Å²) in [5.41, 5.74) is 1.48. The van der Waals surface area contributed by atoms with Crippen LogP contribution in [-0.2, 0) is 0 Å². The fourth-order valence-corrected chi connectivity index (χ4v) is 2.79. The van der Waals surface area contributed by atoms with Crippen LogP contribution in [0.2, 0.25) is 0 Å². The van der Waals surface area contributed by atoms with Gasteiger partial charge in [-0.15, -0.1) is 5.10 Å². The van der Waals surface area contributed by atoms with Crippen LogP contribution < -0.4 is 4.74 Å². The van der Waals surface area contributed by atoms with E-state index in [-0.39, 0.29) is 5.60 Å². The topological polar surface area (TPSA) is 39.4 Å². The lowest BCUT2D eigenvalue weighted by Gasteiger charge is -2.22. The maximum absolute atomic E-state index is 6.08. The Balaban J connectivity index is 1.90. The summed E-state index contributed by atoms with van der Waals surface area (Å²) < 4.78 is 7.91. The normalized spacial score (nSPS) is 12.0. The highest BCUT2D eigenvalue weighted by Gasteiger charge is 2.18. The molecule has 2 heterocycles. The molecule has 4 aromatic rings. The number of rotatable bonds is 2. The first-order valence-corrected chi connectivity index (χ1v) is 8.04. The Bertz CT molecular complexity index is 1030. The van der Waals surface area contributed by atoms with Crippen molar-refractivity contribution >= 4 is 16.4 Å². The highest BCUT2D eigenvalue weighted by Crippen LogP contribution is 2.31. The zero-order valence-electron chi connectivity index (χ0n) is 14.0. The van der Waals surface area contributed by atoms with Gasteiger partial charge >= 0.3 is 0 Å². The van der Waals surface area contributed by atoms with Crippen molar-refractivity contribution in [2.75, 3.05) is 0 Å². The summed E-state index contributed by atoms with van der Waals surface area (Å²) in [6.07, 6.45) is 1.95. The van der Waals surface area contributed by atoms with Gasteiger partial charge in [0, 0.05) is 11.6 Å². The molecule has 2 aromatic heterocycles. The highest BCUT2D eigenvalue weighted by atomic mass is 16.5. The first kappa shape index (κ1) is 14.7. The number of hydrogen-bond donors (Lipinski definition) is 0. The largest absolute Gasteiger partial charge is 0.487 e. The molecule has 0 spiro atoms. The fraction of sp³-hybridized carbons (Fsp3) is 0.200. The molecule has 0 fully saturated rings. The lowest BCUT2D eigenvalue weighted by Crippen LogP contribution is -2.23. The van der Waals surface area contributed by atoms with Crippen molar-refractivity contribution in [3.63, 3.8) is 0 Å². The van der Waals surface area contributed by atoms with E-state index >= 15 is 0 Å². The minimum atomic E-state index is -0.276. The van der Waals surface area contributed by atoms with E-state index in [0.717, 1.165) is 27.7 Å². The fourth-order valence-electron chi connectivity index (χ4n) is 2.79. The molecule has 0 aliphatic rings. The Morgan fingerprint density at radius 1 is 0.917 bits per heavy atom. The predicted octanol–water partition coefficient (Wildman–Crippen LogP) is 4.73. The smallest absolute Gasteiger partial charge is 0.185 e. The molecule has 0 atom stereocenters. The van der Waals surface area contributed by atoms with Gasteiger partial charge in [0.2, 0.25) is 0 Å². The van der Waals surface area contributed by atoms with Gasteiger partial charge in [-0.3, -0.25) is 0 Å². The first-order valence-electron chi connectivity index (χ1n) is 8.04. The molecule has 0 N–H and O–H groups in total. The molecule has 0 radical (unpaired) electrons. The summed E-state index contributed by atoms with van der Waals surface area (Å²) >= 11 is 0. The van der Waals surface area contributed by atoms with Crippen LogP contribution in [0.25, 0.3) is 27.8 Å². The van der Waals surface area contributed by atoms with Crippen LogP contribution in [0.4, 0.5) is 0 Å². The molecule has 0 bridgehead atoms.